The Kier molecular flexibility index (Phi) is 4.20. The third-order valence-corrected chi connectivity index (χ3v) is 5.26. The molecule has 1 atom stereocenters. The van der Waals surface area contributed by atoms with Crippen LogP contribution in [0.4, 0.5) is 17.6 Å². The van der Waals surface area contributed by atoms with Crippen molar-refractivity contribution in [2.75, 3.05) is 18.1 Å². The second-order valence-electron chi connectivity index (χ2n) is 5.13. The summed E-state index contributed by atoms with van der Waals surface area (Å²) < 4.78 is 74.9. The molecule has 0 N–H and O–H groups in total. The first kappa shape index (κ1) is 16.7. The van der Waals surface area contributed by atoms with Gasteiger partial charge in [-0.15, -0.1) is 0 Å². The third-order valence-electron chi connectivity index (χ3n) is 3.47. The van der Waals surface area contributed by atoms with E-state index in [9.17, 15) is 30.8 Å². The summed E-state index contributed by atoms with van der Waals surface area (Å²) in [5.41, 5.74) is -2.23. The molecule has 0 unspecified atom stereocenters. The fraction of sp³-hybridized carbons (Fsp3) is 0.462. The highest BCUT2D eigenvalue weighted by Gasteiger charge is 2.38. The molecule has 0 aliphatic carbocycles. The van der Waals surface area contributed by atoms with Gasteiger partial charge in [-0.05, 0) is 19.1 Å². The summed E-state index contributed by atoms with van der Waals surface area (Å²) in [5.74, 6) is -3.16. The van der Waals surface area contributed by atoms with Crippen molar-refractivity contribution in [3.8, 4) is 0 Å². The minimum atomic E-state index is -4.91. The molecule has 122 valence electrons. The average Bonchev–Trinajstić information content (AvgIpc) is 2.35. The molecule has 1 heterocycles. The molecule has 1 aromatic rings. The Hall–Kier alpha value is -1.64. The van der Waals surface area contributed by atoms with Crippen LogP contribution in [-0.4, -0.2) is 43.3 Å². The number of amides is 1. The van der Waals surface area contributed by atoms with Crippen molar-refractivity contribution in [2.24, 2.45) is 0 Å². The number of hydrogen-bond acceptors (Lipinski definition) is 3. The van der Waals surface area contributed by atoms with Gasteiger partial charge < -0.3 is 4.90 Å². The van der Waals surface area contributed by atoms with Gasteiger partial charge in [-0.2, -0.15) is 13.2 Å². The van der Waals surface area contributed by atoms with Crippen LogP contribution < -0.4 is 0 Å². The number of carbonyl (C=O) groups excluding carboxylic acids is 1. The minimum absolute atomic E-state index is 0.169. The van der Waals surface area contributed by atoms with E-state index < -0.39 is 44.9 Å². The van der Waals surface area contributed by atoms with Crippen molar-refractivity contribution in [3.05, 3.63) is 35.1 Å². The van der Waals surface area contributed by atoms with Crippen LogP contribution in [0, 0.1) is 5.82 Å². The van der Waals surface area contributed by atoms with Crippen molar-refractivity contribution < 1.29 is 30.8 Å². The van der Waals surface area contributed by atoms with Gasteiger partial charge in [0.05, 0.1) is 22.6 Å². The van der Waals surface area contributed by atoms with Crippen LogP contribution in [0.2, 0.25) is 0 Å². The molecular formula is C13H13F4NO3S. The lowest BCUT2D eigenvalue weighted by Crippen LogP contribution is -2.50. The van der Waals surface area contributed by atoms with Crippen molar-refractivity contribution in [1.29, 1.82) is 0 Å². The molecule has 1 fully saturated rings. The lowest BCUT2D eigenvalue weighted by atomic mass is 10.1. The van der Waals surface area contributed by atoms with Crippen LogP contribution in [0.1, 0.15) is 22.8 Å². The van der Waals surface area contributed by atoms with Crippen LogP contribution in [0.5, 0.6) is 0 Å². The summed E-state index contributed by atoms with van der Waals surface area (Å²) in [6.45, 7) is 1.29. The normalized spacial score (nSPS) is 21.7. The fourth-order valence-corrected chi connectivity index (χ4v) is 3.93. The molecular weight excluding hydrogens is 326 g/mol. The van der Waals surface area contributed by atoms with Crippen LogP contribution in [-0.2, 0) is 16.0 Å². The number of sulfone groups is 1. The number of rotatable bonds is 1. The molecule has 1 aliphatic rings. The zero-order chi connectivity index (χ0) is 16.7. The number of nitrogens with zero attached hydrogens (tertiary/aromatic N) is 1. The highest BCUT2D eigenvalue weighted by atomic mass is 32.2. The average molecular weight is 339 g/mol. The van der Waals surface area contributed by atoms with E-state index in [-0.39, 0.29) is 18.1 Å². The van der Waals surface area contributed by atoms with Crippen molar-refractivity contribution in [3.63, 3.8) is 0 Å². The zero-order valence-corrected chi connectivity index (χ0v) is 12.3. The maximum absolute atomic E-state index is 14.0. The second kappa shape index (κ2) is 5.53. The number of carbonyl (C=O) groups is 1. The van der Waals surface area contributed by atoms with E-state index in [1.807, 2.05) is 0 Å². The van der Waals surface area contributed by atoms with E-state index >= 15 is 0 Å². The number of alkyl halides is 3. The Morgan fingerprint density at radius 3 is 2.50 bits per heavy atom. The highest BCUT2D eigenvalue weighted by Crippen LogP contribution is 2.33. The second-order valence-corrected chi connectivity index (χ2v) is 7.36. The van der Waals surface area contributed by atoms with Gasteiger partial charge in [-0.25, -0.2) is 12.8 Å². The zero-order valence-electron chi connectivity index (χ0n) is 11.5. The molecule has 9 heteroatoms. The van der Waals surface area contributed by atoms with E-state index in [1.54, 1.807) is 0 Å². The predicted octanol–water partition coefficient (Wildman–Crippen LogP) is 2.10. The van der Waals surface area contributed by atoms with Gasteiger partial charge in [0.25, 0.3) is 5.91 Å². The van der Waals surface area contributed by atoms with Gasteiger partial charge in [0.2, 0.25) is 0 Å². The van der Waals surface area contributed by atoms with Crippen LogP contribution in [0.3, 0.4) is 0 Å². The molecule has 0 radical (unpaired) electrons. The van der Waals surface area contributed by atoms with Crippen molar-refractivity contribution >= 4 is 15.7 Å². The molecule has 2 rings (SSSR count). The Morgan fingerprint density at radius 2 is 1.95 bits per heavy atom. The lowest BCUT2D eigenvalue weighted by Gasteiger charge is -2.33. The summed E-state index contributed by atoms with van der Waals surface area (Å²) in [6.07, 6.45) is -4.91. The summed E-state index contributed by atoms with van der Waals surface area (Å²) >= 11 is 0. The summed E-state index contributed by atoms with van der Waals surface area (Å²) in [5, 5.41) is 0. The molecule has 1 saturated heterocycles. The molecule has 1 aliphatic heterocycles. The highest BCUT2D eigenvalue weighted by molar-refractivity contribution is 7.91. The smallest absolute Gasteiger partial charge is 0.334 e. The molecule has 0 spiro atoms. The maximum atomic E-state index is 14.0. The Balaban J connectivity index is 2.35. The van der Waals surface area contributed by atoms with Crippen LogP contribution >= 0.6 is 0 Å². The van der Waals surface area contributed by atoms with Gasteiger partial charge in [0, 0.05) is 12.6 Å². The van der Waals surface area contributed by atoms with Gasteiger partial charge in [0.1, 0.15) is 5.82 Å². The first-order valence-corrected chi connectivity index (χ1v) is 8.22. The Labute approximate surface area is 124 Å². The SMILES string of the molecule is C[C@@H]1CS(=O)(=O)CCN1C(=O)c1cccc(C(F)(F)F)c1F. The number of benzene rings is 1. The quantitative estimate of drug-likeness (QED) is 0.737. The first-order valence-electron chi connectivity index (χ1n) is 6.40. The van der Waals surface area contributed by atoms with Crippen LogP contribution in [0.15, 0.2) is 18.2 Å². The summed E-state index contributed by atoms with van der Waals surface area (Å²) in [7, 11) is -3.29. The Morgan fingerprint density at radius 1 is 1.32 bits per heavy atom. The van der Waals surface area contributed by atoms with Gasteiger partial charge >= 0.3 is 6.18 Å². The van der Waals surface area contributed by atoms with E-state index in [4.69, 9.17) is 0 Å². The standard InChI is InChI=1S/C13H13F4NO3S/c1-8-7-22(20,21)6-5-18(8)12(19)9-3-2-4-10(11(9)14)13(15,16)17/h2-4,8H,5-7H2,1H3/t8-/m1/s1. The number of halogens is 4. The molecule has 0 bridgehead atoms. The van der Waals surface area contributed by atoms with Gasteiger partial charge in [0.15, 0.2) is 9.84 Å². The predicted molar refractivity (Wildman–Crippen MR) is 70.6 cm³/mol. The van der Waals surface area contributed by atoms with Crippen molar-refractivity contribution in [2.45, 2.75) is 19.1 Å². The summed E-state index contributed by atoms with van der Waals surface area (Å²) in [6, 6.07) is 1.74. The van der Waals surface area contributed by atoms with Gasteiger partial charge in [-0.3, -0.25) is 4.79 Å². The molecule has 4 nitrogen and oxygen atoms in total. The molecule has 1 aromatic carbocycles. The molecule has 22 heavy (non-hydrogen) atoms. The minimum Gasteiger partial charge on any atom is -0.334 e. The van der Waals surface area contributed by atoms with E-state index in [0.29, 0.717) is 6.07 Å². The molecule has 0 saturated carbocycles. The van der Waals surface area contributed by atoms with E-state index in [2.05, 4.69) is 0 Å². The molecule has 0 aromatic heterocycles. The van der Waals surface area contributed by atoms with Crippen molar-refractivity contribution in [1.82, 2.24) is 4.90 Å². The molecule has 1 amide bonds. The van der Waals surface area contributed by atoms with Gasteiger partial charge in [-0.1, -0.05) is 6.07 Å². The fourth-order valence-electron chi connectivity index (χ4n) is 2.37. The van der Waals surface area contributed by atoms with E-state index in [0.717, 1.165) is 17.0 Å². The van der Waals surface area contributed by atoms with E-state index in [1.165, 1.54) is 6.92 Å². The monoisotopic (exact) mass is 339 g/mol. The largest absolute Gasteiger partial charge is 0.419 e. The topological polar surface area (TPSA) is 54.5 Å². The third kappa shape index (κ3) is 3.23. The summed E-state index contributed by atoms with van der Waals surface area (Å²) in [4.78, 5) is 13.3. The van der Waals surface area contributed by atoms with Crippen LogP contribution in [0.25, 0.3) is 0 Å². The first-order chi connectivity index (χ1) is 10.0. The number of hydrogen-bond donors (Lipinski definition) is 0. The Bertz CT molecular complexity index is 700. The lowest BCUT2D eigenvalue weighted by molar-refractivity contribution is -0.140. The maximum Gasteiger partial charge on any atom is 0.419 e.